The van der Waals surface area contributed by atoms with Gasteiger partial charge in [0, 0.05) is 34.2 Å². The normalized spacial score (nSPS) is 20.1. The van der Waals surface area contributed by atoms with Crippen LogP contribution in [0.4, 0.5) is 0 Å². The fraction of sp³-hybridized carbons (Fsp3) is 0.333. The Morgan fingerprint density at radius 3 is 2.83 bits per heavy atom. The summed E-state index contributed by atoms with van der Waals surface area (Å²) in [5.74, 6) is -0.288. The summed E-state index contributed by atoms with van der Waals surface area (Å²) in [4.78, 5) is 19.4. The van der Waals surface area contributed by atoms with E-state index in [9.17, 15) is 13.2 Å². The number of hydrogen-bond donors (Lipinski definition) is 0. The molecule has 1 atom stereocenters. The number of hydrogen-bond acceptors (Lipinski definition) is 5. The Kier molecular flexibility index (Phi) is 5.01. The third-order valence-electron chi connectivity index (χ3n) is 3.83. The van der Waals surface area contributed by atoms with Crippen molar-refractivity contribution in [3.63, 3.8) is 0 Å². The molecule has 3 rings (SSSR count). The van der Waals surface area contributed by atoms with Gasteiger partial charge in [0.1, 0.15) is 10.3 Å². The van der Waals surface area contributed by atoms with Gasteiger partial charge < -0.3 is 4.90 Å². The summed E-state index contributed by atoms with van der Waals surface area (Å²) in [6.07, 6.45) is 1.66. The molecule has 0 aliphatic carbocycles. The summed E-state index contributed by atoms with van der Waals surface area (Å²) in [5, 5.41) is 0.219. The standard InChI is InChI=1S/C15H14BrClN2O3S2/c1-9-7-18-14(23-9)13-8-19(4-5-24(13,21)22)15(20)10-2-3-11(16)12(17)6-10/h2-3,6-7,13H,4-5,8H2,1H3/t13-/m1/s1. The molecule has 2 aromatic rings. The summed E-state index contributed by atoms with van der Waals surface area (Å²) in [7, 11) is -3.31. The maximum Gasteiger partial charge on any atom is 0.253 e. The molecule has 0 radical (unpaired) electrons. The van der Waals surface area contributed by atoms with Crippen LogP contribution in [0.15, 0.2) is 28.9 Å². The Hall–Kier alpha value is -0.960. The van der Waals surface area contributed by atoms with E-state index in [1.165, 1.54) is 11.3 Å². The first-order chi connectivity index (χ1) is 11.3. The van der Waals surface area contributed by atoms with E-state index < -0.39 is 15.1 Å². The Labute approximate surface area is 157 Å². The second-order valence-corrected chi connectivity index (χ2v) is 10.4. The molecule has 1 aliphatic heterocycles. The zero-order valence-electron chi connectivity index (χ0n) is 12.7. The number of aromatic nitrogens is 1. The molecule has 0 saturated carbocycles. The van der Waals surface area contributed by atoms with Gasteiger partial charge in [-0.3, -0.25) is 4.79 Å². The summed E-state index contributed by atoms with van der Waals surface area (Å²) < 4.78 is 25.5. The van der Waals surface area contributed by atoms with Gasteiger partial charge in [-0.05, 0) is 41.1 Å². The molecular formula is C15H14BrClN2O3S2. The van der Waals surface area contributed by atoms with Crippen LogP contribution in [0.2, 0.25) is 5.02 Å². The van der Waals surface area contributed by atoms with Crippen LogP contribution in [0.25, 0.3) is 0 Å². The second-order valence-electron chi connectivity index (χ2n) is 5.54. The predicted octanol–water partition coefficient (Wildman–Crippen LogP) is 3.48. The van der Waals surface area contributed by atoms with Crippen molar-refractivity contribution >= 4 is 54.6 Å². The van der Waals surface area contributed by atoms with Crippen molar-refractivity contribution in [2.45, 2.75) is 12.2 Å². The molecule has 0 unspecified atom stereocenters. The summed E-state index contributed by atoms with van der Waals surface area (Å²) in [6.45, 7) is 2.17. The SMILES string of the molecule is Cc1cnc([C@H]2CN(C(=O)c3ccc(Br)c(Cl)c3)CCS2(=O)=O)s1. The van der Waals surface area contributed by atoms with Gasteiger partial charge in [0.2, 0.25) is 0 Å². The second kappa shape index (κ2) is 6.74. The highest BCUT2D eigenvalue weighted by atomic mass is 79.9. The average molecular weight is 450 g/mol. The van der Waals surface area contributed by atoms with Crippen LogP contribution in [-0.2, 0) is 9.84 Å². The first-order valence-electron chi connectivity index (χ1n) is 7.16. The van der Waals surface area contributed by atoms with Crippen LogP contribution in [0, 0.1) is 6.92 Å². The van der Waals surface area contributed by atoms with Crippen molar-refractivity contribution in [3.05, 3.63) is 49.3 Å². The quantitative estimate of drug-likeness (QED) is 0.704. The summed E-state index contributed by atoms with van der Waals surface area (Å²) >= 11 is 10.7. The smallest absolute Gasteiger partial charge is 0.253 e. The van der Waals surface area contributed by atoms with Crippen molar-refractivity contribution in [2.75, 3.05) is 18.8 Å². The van der Waals surface area contributed by atoms with Crippen LogP contribution < -0.4 is 0 Å². The molecule has 1 aromatic carbocycles. The minimum absolute atomic E-state index is 0.0632. The number of nitrogens with zero attached hydrogens (tertiary/aromatic N) is 2. The molecule has 5 nitrogen and oxygen atoms in total. The molecule has 0 spiro atoms. The van der Waals surface area contributed by atoms with Crippen molar-refractivity contribution in [1.29, 1.82) is 0 Å². The monoisotopic (exact) mass is 448 g/mol. The molecule has 0 bridgehead atoms. The van der Waals surface area contributed by atoms with E-state index in [1.54, 1.807) is 29.3 Å². The number of sulfone groups is 1. The minimum Gasteiger partial charge on any atom is -0.336 e. The number of amides is 1. The van der Waals surface area contributed by atoms with E-state index in [-0.39, 0.29) is 24.7 Å². The van der Waals surface area contributed by atoms with Crippen LogP contribution in [-0.4, -0.2) is 43.1 Å². The van der Waals surface area contributed by atoms with Gasteiger partial charge in [-0.1, -0.05) is 11.6 Å². The van der Waals surface area contributed by atoms with Gasteiger partial charge in [-0.2, -0.15) is 0 Å². The van der Waals surface area contributed by atoms with Gasteiger partial charge in [0.15, 0.2) is 9.84 Å². The maximum absolute atomic E-state index is 12.7. The third kappa shape index (κ3) is 3.51. The molecule has 0 N–H and O–H groups in total. The molecule has 1 fully saturated rings. The van der Waals surface area contributed by atoms with E-state index in [1.807, 2.05) is 6.92 Å². The lowest BCUT2D eigenvalue weighted by Gasteiger charge is -2.31. The average Bonchev–Trinajstić information content (AvgIpc) is 2.95. The Bertz CT molecular complexity index is 898. The fourth-order valence-electron chi connectivity index (χ4n) is 2.53. The maximum atomic E-state index is 12.7. The van der Waals surface area contributed by atoms with Gasteiger partial charge in [0.25, 0.3) is 5.91 Å². The number of aryl methyl sites for hydroxylation is 1. The molecule has 1 aliphatic rings. The Morgan fingerprint density at radius 1 is 1.46 bits per heavy atom. The van der Waals surface area contributed by atoms with E-state index in [0.29, 0.717) is 20.1 Å². The first kappa shape index (κ1) is 17.8. The number of carbonyl (C=O) groups excluding carboxylic acids is 1. The van der Waals surface area contributed by atoms with Crippen molar-refractivity contribution < 1.29 is 13.2 Å². The molecule has 1 saturated heterocycles. The van der Waals surface area contributed by atoms with Gasteiger partial charge in [-0.25, -0.2) is 13.4 Å². The summed E-state index contributed by atoms with van der Waals surface area (Å²) in [6, 6.07) is 4.96. The number of halogens is 2. The molecule has 24 heavy (non-hydrogen) atoms. The molecule has 128 valence electrons. The lowest BCUT2D eigenvalue weighted by atomic mass is 10.2. The van der Waals surface area contributed by atoms with Crippen molar-refractivity contribution in [2.24, 2.45) is 0 Å². The van der Waals surface area contributed by atoms with E-state index in [2.05, 4.69) is 20.9 Å². The highest BCUT2D eigenvalue weighted by molar-refractivity contribution is 9.10. The Morgan fingerprint density at radius 2 is 2.21 bits per heavy atom. The third-order valence-corrected chi connectivity index (χ3v) is 8.23. The summed E-state index contributed by atoms with van der Waals surface area (Å²) in [5.41, 5.74) is 0.441. The number of benzene rings is 1. The Balaban J connectivity index is 1.87. The zero-order chi connectivity index (χ0) is 17.5. The highest BCUT2D eigenvalue weighted by Gasteiger charge is 2.38. The largest absolute Gasteiger partial charge is 0.336 e. The van der Waals surface area contributed by atoms with Gasteiger partial charge in [-0.15, -0.1) is 11.3 Å². The molecular weight excluding hydrogens is 436 g/mol. The zero-order valence-corrected chi connectivity index (χ0v) is 16.7. The number of carbonyl (C=O) groups is 1. The predicted molar refractivity (Wildman–Crippen MR) is 98.4 cm³/mol. The van der Waals surface area contributed by atoms with E-state index in [0.717, 1.165) is 4.88 Å². The van der Waals surface area contributed by atoms with Crippen LogP contribution in [0.1, 0.15) is 25.5 Å². The fourth-order valence-corrected chi connectivity index (χ4v) is 5.83. The first-order valence-corrected chi connectivity index (χ1v) is 10.9. The van der Waals surface area contributed by atoms with Crippen LogP contribution in [0.3, 0.4) is 0 Å². The molecule has 2 heterocycles. The van der Waals surface area contributed by atoms with Gasteiger partial charge >= 0.3 is 0 Å². The van der Waals surface area contributed by atoms with Crippen molar-refractivity contribution in [3.8, 4) is 0 Å². The minimum atomic E-state index is -3.31. The number of rotatable bonds is 2. The molecule has 9 heteroatoms. The lowest BCUT2D eigenvalue weighted by molar-refractivity contribution is 0.0758. The van der Waals surface area contributed by atoms with E-state index in [4.69, 9.17) is 11.6 Å². The van der Waals surface area contributed by atoms with Crippen LogP contribution in [0.5, 0.6) is 0 Å². The number of thiazole rings is 1. The van der Waals surface area contributed by atoms with Crippen molar-refractivity contribution in [1.82, 2.24) is 9.88 Å². The van der Waals surface area contributed by atoms with E-state index >= 15 is 0 Å². The van der Waals surface area contributed by atoms with Gasteiger partial charge in [0.05, 0.1) is 10.8 Å². The highest BCUT2D eigenvalue weighted by Crippen LogP contribution is 2.32. The topological polar surface area (TPSA) is 67.3 Å². The molecule has 1 aromatic heterocycles. The van der Waals surface area contributed by atoms with Crippen LogP contribution >= 0.6 is 38.9 Å². The molecule has 1 amide bonds. The lowest BCUT2D eigenvalue weighted by Crippen LogP contribution is -2.45.